The van der Waals surface area contributed by atoms with Crippen LogP contribution in [-0.4, -0.2) is 47.2 Å². The predicted octanol–water partition coefficient (Wildman–Crippen LogP) is 2.07. The fraction of sp³-hybridized carbons (Fsp3) is 0.435. The average molecular weight is 420 g/mol. The largest absolute Gasteiger partial charge is 0.491 e. The Balaban J connectivity index is 1.40. The summed E-state index contributed by atoms with van der Waals surface area (Å²) in [6.07, 6.45) is 0.997. The zero-order valence-corrected chi connectivity index (χ0v) is 17.8. The fourth-order valence-corrected chi connectivity index (χ4v) is 3.43. The quantitative estimate of drug-likeness (QED) is 0.764. The molecule has 2 aliphatic rings. The number of nitrogens with one attached hydrogen (secondary N) is 1. The molecule has 1 aromatic heterocycles. The molecule has 1 N–H and O–H groups in total. The van der Waals surface area contributed by atoms with Gasteiger partial charge in [-0.3, -0.25) is 4.79 Å². The molecule has 1 unspecified atom stereocenters. The lowest BCUT2D eigenvalue weighted by atomic mass is 10.0. The van der Waals surface area contributed by atoms with Crippen LogP contribution in [-0.2, 0) is 17.7 Å². The number of methoxy groups -OCH3 is 1. The van der Waals surface area contributed by atoms with Crippen molar-refractivity contribution in [2.45, 2.75) is 51.0 Å². The first-order valence-electron chi connectivity index (χ1n) is 10.2. The topological polar surface area (TPSA) is 98.4 Å². The fourth-order valence-electron chi connectivity index (χ4n) is 3.43. The van der Waals surface area contributed by atoms with E-state index in [9.17, 15) is 4.79 Å². The Hall–Kier alpha value is -3.49. The molecule has 0 saturated carbocycles. The average Bonchev–Trinajstić information content (AvgIpc) is 3.21. The van der Waals surface area contributed by atoms with Crippen LogP contribution < -0.4 is 14.8 Å². The highest BCUT2D eigenvalue weighted by Gasteiger charge is 2.26. The second-order valence-corrected chi connectivity index (χ2v) is 8.09. The van der Waals surface area contributed by atoms with Crippen molar-refractivity contribution < 1.29 is 19.0 Å². The molecular weight excluding hydrogens is 396 g/mol. The molecule has 0 bridgehead atoms. The van der Waals surface area contributed by atoms with Gasteiger partial charge >= 0.3 is 0 Å². The number of aryl methyl sites for hydroxylation is 1. The number of carbonyl (C=O) groups excluding carboxylic acids is 1. The molecule has 8 heteroatoms. The van der Waals surface area contributed by atoms with Crippen LogP contribution in [0.1, 0.15) is 41.9 Å². The van der Waals surface area contributed by atoms with Gasteiger partial charge in [0.1, 0.15) is 18.0 Å². The van der Waals surface area contributed by atoms with Gasteiger partial charge in [0, 0.05) is 26.1 Å². The van der Waals surface area contributed by atoms with E-state index in [2.05, 4.69) is 28.3 Å². The maximum atomic E-state index is 12.7. The van der Waals surface area contributed by atoms with Gasteiger partial charge < -0.3 is 19.5 Å². The number of hydrogen-bond donors (Lipinski definition) is 1. The zero-order valence-electron chi connectivity index (χ0n) is 17.8. The normalized spacial score (nSPS) is 19.4. The van der Waals surface area contributed by atoms with Gasteiger partial charge in [0.15, 0.2) is 11.8 Å². The predicted molar refractivity (Wildman–Crippen MR) is 112 cm³/mol. The van der Waals surface area contributed by atoms with Crippen molar-refractivity contribution in [2.24, 2.45) is 0 Å². The first kappa shape index (κ1) is 20.8. The Kier molecular flexibility index (Phi) is 5.58. The van der Waals surface area contributed by atoms with Crippen molar-refractivity contribution in [3.05, 3.63) is 41.1 Å². The van der Waals surface area contributed by atoms with Crippen LogP contribution in [0.25, 0.3) is 0 Å². The lowest BCUT2D eigenvalue weighted by molar-refractivity contribution is 0.0734. The molecular formula is C23H24N4O4. The molecule has 160 valence electrons. The van der Waals surface area contributed by atoms with Crippen molar-refractivity contribution in [1.82, 2.24) is 15.1 Å². The van der Waals surface area contributed by atoms with Gasteiger partial charge in [-0.2, -0.15) is 10.4 Å². The molecule has 2 aromatic rings. The number of fused-ring (bicyclic) bond motifs is 2. The molecule has 2 aliphatic heterocycles. The highest BCUT2D eigenvalue weighted by molar-refractivity contribution is 5.92. The summed E-state index contributed by atoms with van der Waals surface area (Å²) < 4.78 is 18.6. The summed E-state index contributed by atoms with van der Waals surface area (Å²) in [5.41, 5.74) is 1.22. The lowest BCUT2D eigenvalue weighted by Crippen LogP contribution is -2.42. The molecule has 2 atom stereocenters. The number of benzene rings is 1. The minimum Gasteiger partial charge on any atom is -0.491 e. The Labute approximate surface area is 181 Å². The van der Waals surface area contributed by atoms with Crippen molar-refractivity contribution in [3.8, 4) is 29.5 Å². The van der Waals surface area contributed by atoms with Crippen LogP contribution in [0.3, 0.4) is 0 Å². The summed E-state index contributed by atoms with van der Waals surface area (Å²) in [7, 11) is 1.62. The van der Waals surface area contributed by atoms with Gasteiger partial charge in [-0.15, -0.1) is 0 Å². The number of nitriles is 1. The third kappa shape index (κ3) is 4.65. The van der Waals surface area contributed by atoms with Gasteiger partial charge in [0.05, 0.1) is 17.7 Å². The molecule has 1 aromatic carbocycles. The minimum absolute atomic E-state index is 0.205. The highest BCUT2D eigenvalue weighted by Crippen LogP contribution is 2.26. The van der Waals surface area contributed by atoms with Crippen LogP contribution in [0.4, 0.5) is 0 Å². The number of ether oxygens (including phenoxy) is 3. The van der Waals surface area contributed by atoms with E-state index >= 15 is 0 Å². The van der Waals surface area contributed by atoms with Crippen LogP contribution in [0.5, 0.6) is 11.6 Å². The van der Waals surface area contributed by atoms with Crippen LogP contribution in [0.2, 0.25) is 0 Å². The summed E-state index contributed by atoms with van der Waals surface area (Å²) in [5, 5.41) is 16.4. The Bertz CT molecular complexity index is 1100. The molecule has 3 heterocycles. The number of rotatable bonds is 3. The summed E-state index contributed by atoms with van der Waals surface area (Å²) in [6.45, 7) is 4.77. The number of aromatic nitrogens is 2. The maximum absolute atomic E-state index is 12.7. The second-order valence-electron chi connectivity index (χ2n) is 8.09. The minimum atomic E-state index is -0.541. The van der Waals surface area contributed by atoms with E-state index in [0.717, 1.165) is 11.3 Å². The van der Waals surface area contributed by atoms with Crippen molar-refractivity contribution in [3.63, 3.8) is 0 Å². The first-order valence-corrected chi connectivity index (χ1v) is 10.2. The Morgan fingerprint density at radius 1 is 1.39 bits per heavy atom. The molecule has 31 heavy (non-hydrogen) atoms. The molecule has 0 radical (unpaired) electrons. The maximum Gasteiger partial charge on any atom is 0.272 e. The van der Waals surface area contributed by atoms with Crippen LogP contribution >= 0.6 is 0 Å². The van der Waals surface area contributed by atoms with Crippen molar-refractivity contribution in [1.29, 1.82) is 5.26 Å². The van der Waals surface area contributed by atoms with Gasteiger partial charge in [0.25, 0.3) is 5.91 Å². The van der Waals surface area contributed by atoms with Crippen molar-refractivity contribution >= 4 is 5.91 Å². The Morgan fingerprint density at radius 3 is 3.00 bits per heavy atom. The van der Waals surface area contributed by atoms with E-state index < -0.39 is 5.60 Å². The molecule has 8 nitrogen and oxygen atoms in total. The van der Waals surface area contributed by atoms with Gasteiger partial charge in [-0.05, 0) is 44.0 Å². The SMILES string of the molecule is COC(C)(C)C#CC1CCn2nc(C(=O)N[C@H]3COc4ccc(C#N)cc4C3)cc2O1. The molecule has 1 amide bonds. The second kappa shape index (κ2) is 8.33. The first-order chi connectivity index (χ1) is 14.9. The van der Waals surface area contributed by atoms with E-state index in [1.807, 2.05) is 13.8 Å². The third-order valence-electron chi connectivity index (χ3n) is 5.32. The van der Waals surface area contributed by atoms with Gasteiger partial charge in [-0.25, -0.2) is 4.68 Å². The molecule has 0 spiro atoms. The van der Waals surface area contributed by atoms with Crippen molar-refractivity contribution in [2.75, 3.05) is 13.7 Å². The molecule has 4 rings (SSSR count). The number of nitrogens with zero attached hydrogens (tertiary/aromatic N) is 3. The summed E-state index contributed by atoms with van der Waals surface area (Å²) >= 11 is 0. The number of amides is 1. The van der Waals surface area contributed by atoms with E-state index in [1.54, 1.807) is 36.1 Å². The van der Waals surface area contributed by atoms with Crippen LogP contribution in [0, 0.1) is 23.2 Å². The summed E-state index contributed by atoms with van der Waals surface area (Å²) in [5.74, 6) is 7.15. The van der Waals surface area contributed by atoms with Gasteiger partial charge in [-0.1, -0.05) is 11.8 Å². The number of carbonyl (C=O) groups is 1. The smallest absolute Gasteiger partial charge is 0.272 e. The van der Waals surface area contributed by atoms with Crippen LogP contribution in [0.15, 0.2) is 24.3 Å². The van der Waals surface area contributed by atoms with Gasteiger partial charge in [0.2, 0.25) is 5.88 Å². The molecule has 0 saturated heterocycles. The third-order valence-corrected chi connectivity index (χ3v) is 5.32. The van der Waals surface area contributed by atoms with E-state index in [4.69, 9.17) is 19.5 Å². The monoisotopic (exact) mass is 420 g/mol. The lowest BCUT2D eigenvalue weighted by Gasteiger charge is -2.25. The standard InChI is InChI=1S/C23H24N4O4/c1-23(2,29-3)8-6-18-7-9-27-21(31-18)12-19(26-27)22(28)25-17-11-16-10-15(13-24)4-5-20(16)30-14-17/h4-5,10,12,17-18H,7,9,11,14H2,1-3H3,(H,25,28)/t17-,18?/m1/s1. The molecule has 0 aliphatic carbocycles. The Morgan fingerprint density at radius 2 is 2.23 bits per heavy atom. The highest BCUT2D eigenvalue weighted by atomic mass is 16.5. The van der Waals surface area contributed by atoms with E-state index in [1.165, 1.54) is 0 Å². The molecule has 0 fully saturated rings. The van der Waals surface area contributed by atoms with E-state index in [0.29, 0.717) is 37.4 Å². The summed E-state index contributed by atoms with van der Waals surface area (Å²) in [6, 6.07) is 8.86. The zero-order chi connectivity index (χ0) is 22.0. The van der Waals surface area contributed by atoms with E-state index in [-0.39, 0.29) is 23.7 Å². The number of hydrogen-bond acceptors (Lipinski definition) is 6. The summed E-state index contributed by atoms with van der Waals surface area (Å²) in [4.78, 5) is 12.7.